The summed E-state index contributed by atoms with van der Waals surface area (Å²) in [5.41, 5.74) is 1.48. The maximum absolute atomic E-state index is 12.3. The Kier molecular flexibility index (Phi) is 8.25. The van der Waals surface area contributed by atoms with Crippen LogP contribution < -0.4 is 29.0 Å². The van der Waals surface area contributed by atoms with Crippen molar-refractivity contribution < 1.29 is 32.9 Å². The average molecular weight is 476 g/mol. The Morgan fingerprint density at radius 2 is 1.55 bits per heavy atom. The fourth-order valence-electron chi connectivity index (χ4n) is 2.96. The Labute approximate surface area is 195 Å². The number of aromatic nitrogens is 2. The summed E-state index contributed by atoms with van der Waals surface area (Å²) in [5.74, 6) is 2.83. The van der Waals surface area contributed by atoms with Crippen LogP contribution in [0.15, 0.2) is 40.0 Å². The zero-order valence-electron chi connectivity index (χ0n) is 19.0. The number of rotatable bonds is 11. The van der Waals surface area contributed by atoms with Crippen molar-refractivity contribution in [3.63, 3.8) is 0 Å². The summed E-state index contributed by atoms with van der Waals surface area (Å²) >= 11 is 1.14. The van der Waals surface area contributed by atoms with Crippen molar-refractivity contribution in [3.8, 4) is 40.2 Å². The molecule has 0 aliphatic carbocycles. The molecule has 0 saturated carbocycles. The van der Waals surface area contributed by atoms with Crippen LogP contribution in [0.3, 0.4) is 0 Å². The largest absolute Gasteiger partial charge is 0.493 e. The van der Waals surface area contributed by atoms with Gasteiger partial charge >= 0.3 is 0 Å². The fourth-order valence-corrected chi connectivity index (χ4v) is 3.55. The van der Waals surface area contributed by atoms with Gasteiger partial charge in [0.1, 0.15) is 0 Å². The molecule has 0 atom stereocenters. The molecule has 3 aromatic rings. The van der Waals surface area contributed by atoms with Gasteiger partial charge in [0.05, 0.1) is 41.3 Å². The zero-order chi connectivity index (χ0) is 23.8. The Morgan fingerprint density at radius 3 is 2.15 bits per heavy atom. The zero-order valence-corrected chi connectivity index (χ0v) is 19.8. The number of nitrogens with one attached hydrogen (secondary N) is 1. The molecular formula is C22H25N3O7S. The number of hydrogen-bond donors (Lipinski definition) is 1. The van der Waals surface area contributed by atoms with E-state index in [4.69, 9.17) is 28.1 Å². The first-order chi connectivity index (χ1) is 16.0. The standard InChI is InChI=1S/C22H25N3O7S/c1-27-15-7-6-13(8-16(15)28-2)11-23-19(26)12-33-22-25-24-21(32-22)14-9-17(29-3)20(31-5)18(10-14)30-4/h6-10H,11-12H2,1-5H3,(H,23,26). The summed E-state index contributed by atoms with van der Waals surface area (Å²) in [7, 11) is 7.71. The van der Waals surface area contributed by atoms with Crippen LogP contribution in [0.4, 0.5) is 0 Å². The lowest BCUT2D eigenvalue weighted by molar-refractivity contribution is -0.118. The molecule has 0 bridgehead atoms. The Morgan fingerprint density at radius 1 is 0.879 bits per heavy atom. The topological polar surface area (TPSA) is 114 Å². The van der Waals surface area contributed by atoms with E-state index in [-0.39, 0.29) is 22.8 Å². The number of carbonyl (C=O) groups is 1. The monoisotopic (exact) mass is 475 g/mol. The quantitative estimate of drug-likeness (QED) is 0.415. The third-order valence-electron chi connectivity index (χ3n) is 4.58. The SMILES string of the molecule is COc1ccc(CNC(=O)CSc2nnc(-c3cc(OC)c(OC)c(OC)c3)o2)cc1OC. The highest BCUT2D eigenvalue weighted by Crippen LogP contribution is 2.41. The molecule has 0 radical (unpaired) electrons. The van der Waals surface area contributed by atoms with Crippen LogP contribution in [-0.2, 0) is 11.3 Å². The second-order valence-electron chi connectivity index (χ2n) is 6.54. The molecule has 11 heteroatoms. The van der Waals surface area contributed by atoms with Crippen molar-refractivity contribution in [2.24, 2.45) is 0 Å². The van der Waals surface area contributed by atoms with Gasteiger partial charge in [-0.05, 0) is 29.8 Å². The molecule has 176 valence electrons. The van der Waals surface area contributed by atoms with Gasteiger partial charge in [-0.2, -0.15) is 0 Å². The van der Waals surface area contributed by atoms with Gasteiger partial charge < -0.3 is 33.4 Å². The second-order valence-corrected chi connectivity index (χ2v) is 7.47. The number of amides is 1. The number of ether oxygens (including phenoxy) is 5. The highest BCUT2D eigenvalue weighted by atomic mass is 32.2. The van der Waals surface area contributed by atoms with E-state index in [9.17, 15) is 4.79 Å². The number of thioether (sulfide) groups is 1. The first-order valence-corrected chi connectivity index (χ1v) is 10.8. The van der Waals surface area contributed by atoms with Crippen molar-refractivity contribution in [2.45, 2.75) is 11.8 Å². The van der Waals surface area contributed by atoms with Crippen molar-refractivity contribution in [2.75, 3.05) is 41.3 Å². The number of nitrogens with zero attached hydrogens (tertiary/aromatic N) is 2. The molecule has 0 unspecified atom stereocenters. The molecular weight excluding hydrogens is 450 g/mol. The van der Waals surface area contributed by atoms with Crippen LogP contribution in [0.25, 0.3) is 11.5 Å². The number of carbonyl (C=O) groups excluding carboxylic acids is 1. The molecule has 3 rings (SSSR count). The third kappa shape index (κ3) is 5.80. The first kappa shape index (κ1) is 24.1. The molecule has 33 heavy (non-hydrogen) atoms. The van der Waals surface area contributed by atoms with E-state index < -0.39 is 0 Å². The molecule has 1 amide bonds. The first-order valence-electron chi connectivity index (χ1n) is 9.77. The minimum absolute atomic E-state index is 0.115. The van der Waals surface area contributed by atoms with E-state index in [1.165, 1.54) is 21.3 Å². The lowest BCUT2D eigenvalue weighted by atomic mass is 10.2. The highest BCUT2D eigenvalue weighted by molar-refractivity contribution is 7.99. The molecule has 1 N–H and O–H groups in total. The van der Waals surface area contributed by atoms with Gasteiger partial charge in [0, 0.05) is 12.1 Å². The van der Waals surface area contributed by atoms with Crippen LogP contribution >= 0.6 is 11.8 Å². The molecule has 1 aromatic heterocycles. The predicted molar refractivity (Wildman–Crippen MR) is 122 cm³/mol. The smallest absolute Gasteiger partial charge is 0.277 e. The van der Waals surface area contributed by atoms with Gasteiger partial charge in [-0.1, -0.05) is 17.8 Å². The lowest BCUT2D eigenvalue weighted by Crippen LogP contribution is -2.24. The number of methoxy groups -OCH3 is 5. The van der Waals surface area contributed by atoms with Crippen molar-refractivity contribution >= 4 is 17.7 Å². The summed E-state index contributed by atoms with van der Waals surface area (Å²) in [6.45, 7) is 0.347. The van der Waals surface area contributed by atoms with E-state index >= 15 is 0 Å². The van der Waals surface area contributed by atoms with E-state index in [0.29, 0.717) is 40.9 Å². The van der Waals surface area contributed by atoms with E-state index in [1.807, 2.05) is 12.1 Å². The minimum Gasteiger partial charge on any atom is -0.493 e. The Bertz CT molecular complexity index is 1080. The summed E-state index contributed by atoms with van der Waals surface area (Å²) < 4.78 is 32.2. The molecule has 0 aliphatic rings. The molecule has 2 aromatic carbocycles. The van der Waals surface area contributed by atoms with Gasteiger partial charge in [-0.3, -0.25) is 4.79 Å². The maximum atomic E-state index is 12.3. The van der Waals surface area contributed by atoms with E-state index in [1.54, 1.807) is 32.4 Å². The average Bonchev–Trinajstić information content (AvgIpc) is 3.34. The summed E-state index contributed by atoms with van der Waals surface area (Å²) in [4.78, 5) is 12.3. The summed E-state index contributed by atoms with van der Waals surface area (Å²) in [5, 5.41) is 11.2. The summed E-state index contributed by atoms with van der Waals surface area (Å²) in [6, 6.07) is 8.88. The van der Waals surface area contributed by atoms with Gasteiger partial charge in [-0.15, -0.1) is 10.2 Å². The Hall–Kier alpha value is -3.60. The van der Waals surface area contributed by atoms with E-state index in [0.717, 1.165) is 17.3 Å². The van der Waals surface area contributed by atoms with Crippen molar-refractivity contribution in [1.29, 1.82) is 0 Å². The van der Waals surface area contributed by atoms with Crippen LogP contribution in [0.5, 0.6) is 28.7 Å². The number of hydrogen-bond acceptors (Lipinski definition) is 10. The normalized spacial score (nSPS) is 10.5. The summed E-state index contributed by atoms with van der Waals surface area (Å²) in [6.07, 6.45) is 0. The molecule has 0 saturated heterocycles. The molecule has 1 heterocycles. The third-order valence-corrected chi connectivity index (χ3v) is 5.40. The molecule has 10 nitrogen and oxygen atoms in total. The van der Waals surface area contributed by atoms with Crippen LogP contribution in [0, 0.1) is 0 Å². The van der Waals surface area contributed by atoms with Crippen molar-refractivity contribution in [1.82, 2.24) is 15.5 Å². The lowest BCUT2D eigenvalue weighted by Gasteiger charge is -2.12. The van der Waals surface area contributed by atoms with Crippen LogP contribution in [0.1, 0.15) is 5.56 Å². The van der Waals surface area contributed by atoms with Gasteiger partial charge in [-0.25, -0.2) is 0 Å². The fraction of sp³-hybridized carbons (Fsp3) is 0.318. The molecule has 0 fully saturated rings. The van der Waals surface area contributed by atoms with Gasteiger partial charge in [0.15, 0.2) is 23.0 Å². The maximum Gasteiger partial charge on any atom is 0.277 e. The van der Waals surface area contributed by atoms with Crippen LogP contribution in [0.2, 0.25) is 0 Å². The predicted octanol–water partition coefficient (Wildman–Crippen LogP) is 3.19. The Balaban J connectivity index is 1.59. The molecule has 0 spiro atoms. The van der Waals surface area contributed by atoms with Crippen molar-refractivity contribution in [3.05, 3.63) is 35.9 Å². The van der Waals surface area contributed by atoms with Crippen LogP contribution in [-0.4, -0.2) is 57.4 Å². The molecule has 0 aliphatic heterocycles. The second kappa shape index (κ2) is 11.3. The highest BCUT2D eigenvalue weighted by Gasteiger charge is 2.18. The van der Waals surface area contributed by atoms with E-state index in [2.05, 4.69) is 15.5 Å². The van der Waals surface area contributed by atoms with Gasteiger partial charge in [0.2, 0.25) is 17.5 Å². The minimum atomic E-state index is -0.178. The van der Waals surface area contributed by atoms with Gasteiger partial charge in [0.25, 0.3) is 5.22 Å². The number of benzene rings is 2.